The third kappa shape index (κ3) is 3.03. The fraction of sp³-hybridized carbons (Fsp3) is 0.300. The first-order chi connectivity index (χ1) is 6.65. The lowest BCUT2D eigenvalue weighted by atomic mass is 10.3. The number of rotatable bonds is 3. The zero-order chi connectivity index (χ0) is 10.6. The van der Waals surface area contributed by atoms with Crippen molar-refractivity contribution in [2.45, 2.75) is 16.6 Å². The minimum atomic E-state index is -0.169. The van der Waals surface area contributed by atoms with Gasteiger partial charge in [0.2, 0.25) is 5.91 Å². The van der Waals surface area contributed by atoms with Crippen LogP contribution in [-0.2, 0) is 4.79 Å². The molecule has 0 aliphatic rings. The number of amides is 1. The smallest absolute Gasteiger partial charge is 0.237 e. The Morgan fingerprint density at radius 1 is 1.50 bits per heavy atom. The van der Waals surface area contributed by atoms with Gasteiger partial charge in [-0.3, -0.25) is 4.79 Å². The molecule has 1 N–H and O–H groups in total. The van der Waals surface area contributed by atoms with Gasteiger partial charge in [-0.15, -0.1) is 11.8 Å². The van der Waals surface area contributed by atoms with Gasteiger partial charge in [0, 0.05) is 4.90 Å². The van der Waals surface area contributed by atoms with Crippen LogP contribution in [-0.4, -0.2) is 17.0 Å². The average Bonchev–Trinajstić information content (AvgIpc) is 2.18. The van der Waals surface area contributed by atoms with E-state index in [0.29, 0.717) is 0 Å². The van der Waals surface area contributed by atoms with Crippen molar-refractivity contribution in [3.63, 3.8) is 0 Å². The second-order valence-electron chi connectivity index (χ2n) is 2.81. The van der Waals surface area contributed by atoms with Crippen LogP contribution >= 0.6 is 27.7 Å². The van der Waals surface area contributed by atoms with Crippen molar-refractivity contribution in [2.75, 3.05) is 11.6 Å². The van der Waals surface area contributed by atoms with Crippen LogP contribution in [0, 0.1) is 0 Å². The highest BCUT2D eigenvalue weighted by molar-refractivity contribution is 9.10. The van der Waals surface area contributed by atoms with Gasteiger partial charge in [-0.1, -0.05) is 28.1 Å². The number of carbonyl (C=O) groups excluding carboxylic acids is 1. The van der Waals surface area contributed by atoms with Gasteiger partial charge in [0.15, 0.2) is 0 Å². The van der Waals surface area contributed by atoms with Crippen LogP contribution in [0.1, 0.15) is 6.92 Å². The van der Waals surface area contributed by atoms with Crippen molar-refractivity contribution >= 4 is 39.3 Å². The lowest BCUT2D eigenvalue weighted by molar-refractivity contribution is -0.115. The minimum Gasteiger partial charge on any atom is -0.324 e. The standard InChI is InChI=1S/C10H12BrNOS/c1-7(11)10(13)12-8-5-3-4-6-9(8)14-2/h3-7H,1-2H3,(H,12,13). The van der Waals surface area contributed by atoms with Crippen LogP contribution < -0.4 is 5.32 Å². The molecule has 0 saturated heterocycles. The predicted octanol–water partition coefficient (Wildman–Crippen LogP) is 3.13. The minimum absolute atomic E-state index is 0.0218. The van der Waals surface area contributed by atoms with Gasteiger partial charge in [-0.2, -0.15) is 0 Å². The Morgan fingerprint density at radius 3 is 2.71 bits per heavy atom. The third-order valence-corrected chi connectivity index (χ3v) is 2.94. The van der Waals surface area contributed by atoms with Gasteiger partial charge in [-0.25, -0.2) is 0 Å². The molecule has 0 fully saturated rings. The van der Waals surface area contributed by atoms with Crippen LogP contribution in [0.2, 0.25) is 0 Å². The summed E-state index contributed by atoms with van der Waals surface area (Å²) in [4.78, 5) is 12.3. The van der Waals surface area contributed by atoms with E-state index in [2.05, 4.69) is 21.2 Å². The Balaban J connectivity index is 2.80. The van der Waals surface area contributed by atoms with E-state index in [0.717, 1.165) is 10.6 Å². The first kappa shape index (κ1) is 11.6. The molecular weight excluding hydrogens is 262 g/mol. The van der Waals surface area contributed by atoms with Crippen LogP contribution in [0.25, 0.3) is 0 Å². The van der Waals surface area contributed by atoms with Crippen molar-refractivity contribution < 1.29 is 4.79 Å². The number of nitrogens with one attached hydrogen (secondary N) is 1. The lowest BCUT2D eigenvalue weighted by Gasteiger charge is -2.09. The molecule has 0 aromatic heterocycles. The molecule has 0 radical (unpaired) electrons. The molecule has 1 aromatic carbocycles. The zero-order valence-corrected chi connectivity index (χ0v) is 10.5. The van der Waals surface area contributed by atoms with E-state index in [1.54, 1.807) is 18.7 Å². The molecule has 1 unspecified atom stereocenters. The molecule has 0 heterocycles. The number of alkyl halides is 1. The van der Waals surface area contributed by atoms with E-state index in [-0.39, 0.29) is 10.7 Å². The molecular formula is C10H12BrNOS. The first-order valence-corrected chi connectivity index (χ1v) is 6.37. The highest BCUT2D eigenvalue weighted by Crippen LogP contribution is 2.24. The first-order valence-electron chi connectivity index (χ1n) is 4.23. The van der Waals surface area contributed by atoms with Crippen molar-refractivity contribution in [2.24, 2.45) is 0 Å². The Morgan fingerprint density at radius 2 is 2.14 bits per heavy atom. The normalized spacial score (nSPS) is 12.2. The van der Waals surface area contributed by atoms with Crippen LogP contribution in [0.3, 0.4) is 0 Å². The van der Waals surface area contributed by atoms with E-state index in [1.165, 1.54) is 0 Å². The Labute approximate surface area is 96.6 Å². The summed E-state index contributed by atoms with van der Waals surface area (Å²) >= 11 is 4.84. The third-order valence-electron chi connectivity index (χ3n) is 1.73. The number of carbonyl (C=O) groups is 1. The van der Waals surface area contributed by atoms with Crippen LogP contribution in [0.15, 0.2) is 29.2 Å². The molecule has 0 spiro atoms. The number of halogens is 1. The van der Waals surface area contributed by atoms with Gasteiger partial charge in [0.1, 0.15) is 0 Å². The fourth-order valence-electron chi connectivity index (χ4n) is 0.980. The summed E-state index contributed by atoms with van der Waals surface area (Å²) in [7, 11) is 0. The molecule has 0 bridgehead atoms. The van der Waals surface area contributed by atoms with Gasteiger partial charge >= 0.3 is 0 Å². The number of hydrogen-bond donors (Lipinski definition) is 1. The molecule has 1 amide bonds. The molecule has 1 atom stereocenters. The topological polar surface area (TPSA) is 29.1 Å². The number of para-hydroxylation sites is 1. The Kier molecular flexibility index (Phi) is 4.48. The average molecular weight is 274 g/mol. The Bertz CT molecular complexity index is 328. The molecule has 4 heteroatoms. The van der Waals surface area contributed by atoms with E-state index in [4.69, 9.17) is 0 Å². The van der Waals surface area contributed by atoms with Crippen molar-refractivity contribution in [1.82, 2.24) is 0 Å². The second-order valence-corrected chi connectivity index (χ2v) is 5.03. The van der Waals surface area contributed by atoms with Gasteiger partial charge < -0.3 is 5.32 Å². The summed E-state index contributed by atoms with van der Waals surface area (Å²) in [5.41, 5.74) is 0.872. The highest BCUT2D eigenvalue weighted by atomic mass is 79.9. The van der Waals surface area contributed by atoms with Gasteiger partial charge in [0.25, 0.3) is 0 Å². The maximum Gasteiger partial charge on any atom is 0.237 e. The summed E-state index contributed by atoms with van der Waals surface area (Å²) in [6.07, 6.45) is 1.99. The maximum atomic E-state index is 11.4. The number of benzene rings is 1. The molecule has 0 aliphatic carbocycles. The van der Waals surface area contributed by atoms with Crippen molar-refractivity contribution in [3.8, 4) is 0 Å². The molecule has 0 aliphatic heterocycles. The fourth-order valence-corrected chi connectivity index (χ4v) is 1.65. The van der Waals surface area contributed by atoms with Crippen LogP contribution in [0.5, 0.6) is 0 Å². The highest BCUT2D eigenvalue weighted by Gasteiger charge is 2.10. The monoisotopic (exact) mass is 273 g/mol. The van der Waals surface area contributed by atoms with Gasteiger partial charge in [0.05, 0.1) is 10.5 Å². The van der Waals surface area contributed by atoms with Crippen molar-refractivity contribution in [1.29, 1.82) is 0 Å². The van der Waals surface area contributed by atoms with Crippen molar-refractivity contribution in [3.05, 3.63) is 24.3 Å². The summed E-state index contributed by atoms with van der Waals surface area (Å²) in [5, 5.41) is 2.85. The molecule has 1 rings (SSSR count). The van der Waals surface area contributed by atoms with Crippen LogP contribution in [0.4, 0.5) is 5.69 Å². The van der Waals surface area contributed by atoms with E-state index in [9.17, 15) is 4.79 Å². The Hall–Kier alpha value is -0.480. The second kappa shape index (κ2) is 5.41. The SMILES string of the molecule is CSc1ccccc1NC(=O)C(C)Br. The van der Waals surface area contributed by atoms with E-state index < -0.39 is 0 Å². The van der Waals surface area contributed by atoms with Gasteiger partial charge in [-0.05, 0) is 25.3 Å². The number of hydrogen-bond acceptors (Lipinski definition) is 2. The molecule has 76 valence electrons. The molecule has 0 saturated carbocycles. The molecule has 14 heavy (non-hydrogen) atoms. The summed E-state index contributed by atoms with van der Waals surface area (Å²) in [6.45, 7) is 1.80. The summed E-state index contributed by atoms with van der Waals surface area (Å²) < 4.78 is 0. The van der Waals surface area contributed by atoms with E-state index in [1.807, 2.05) is 30.5 Å². The number of thioether (sulfide) groups is 1. The zero-order valence-electron chi connectivity index (χ0n) is 8.08. The predicted molar refractivity (Wildman–Crippen MR) is 65.2 cm³/mol. The largest absolute Gasteiger partial charge is 0.324 e. The molecule has 2 nitrogen and oxygen atoms in total. The molecule has 1 aromatic rings. The number of anilines is 1. The maximum absolute atomic E-state index is 11.4. The summed E-state index contributed by atoms with van der Waals surface area (Å²) in [5.74, 6) is -0.0218. The summed E-state index contributed by atoms with van der Waals surface area (Å²) in [6, 6.07) is 7.76. The quantitative estimate of drug-likeness (QED) is 0.677. The lowest BCUT2D eigenvalue weighted by Crippen LogP contribution is -2.20. The van der Waals surface area contributed by atoms with E-state index >= 15 is 0 Å².